The molecule has 106 valence electrons. The fraction of sp³-hybridized carbons (Fsp3) is 1.00. The molecular weight excluding hydrogens is 220 g/mol. The summed E-state index contributed by atoms with van der Waals surface area (Å²) in [7, 11) is 0. The molecule has 1 saturated heterocycles. The van der Waals surface area contributed by atoms with Crippen LogP contribution in [-0.4, -0.2) is 36.1 Å². The fourth-order valence-electron chi connectivity index (χ4n) is 3.73. The largest absolute Gasteiger partial charge is 0.314 e. The molecule has 0 bridgehead atoms. The Morgan fingerprint density at radius 1 is 0.889 bits per heavy atom. The molecule has 0 atom stereocenters. The lowest BCUT2D eigenvalue weighted by molar-refractivity contribution is 0.0451. The van der Waals surface area contributed by atoms with E-state index in [1.807, 2.05) is 0 Å². The fourth-order valence-corrected chi connectivity index (χ4v) is 3.73. The Morgan fingerprint density at radius 2 is 1.50 bits per heavy atom. The third kappa shape index (κ3) is 3.48. The van der Waals surface area contributed by atoms with Gasteiger partial charge < -0.3 is 5.32 Å². The zero-order chi connectivity index (χ0) is 13.2. The first-order valence-corrected chi connectivity index (χ1v) is 7.88. The van der Waals surface area contributed by atoms with Crippen molar-refractivity contribution < 1.29 is 0 Å². The second-order valence-corrected chi connectivity index (χ2v) is 7.85. The van der Waals surface area contributed by atoms with E-state index in [9.17, 15) is 0 Å². The lowest BCUT2D eigenvalue weighted by atomic mass is 9.89. The Kier molecular flexibility index (Phi) is 4.38. The zero-order valence-electron chi connectivity index (χ0n) is 12.9. The molecule has 0 amide bonds. The molecule has 1 saturated carbocycles. The van der Waals surface area contributed by atoms with Crippen molar-refractivity contribution in [1.29, 1.82) is 0 Å². The minimum absolute atomic E-state index is 0.308. The maximum absolute atomic E-state index is 3.67. The number of hydrogen-bond donors (Lipinski definition) is 1. The number of nitrogens with one attached hydrogen (secondary N) is 1. The zero-order valence-corrected chi connectivity index (χ0v) is 12.9. The van der Waals surface area contributed by atoms with Crippen LogP contribution in [0.3, 0.4) is 0 Å². The third-order valence-corrected chi connectivity index (χ3v) is 4.80. The topological polar surface area (TPSA) is 15.3 Å². The summed E-state index contributed by atoms with van der Waals surface area (Å²) < 4.78 is 0. The van der Waals surface area contributed by atoms with Crippen molar-refractivity contribution in [3.63, 3.8) is 0 Å². The van der Waals surface area contributed by atoms with Crippen molar-refractivity contribution in [1.82, 2.24) is 10.2 Å². The van der Waals surface area contributed by atoms with Crippen LogP contribution in [-0.2, 0) is 0 Å². The molecule has 2 fully saturated rings. The normalized spacial score (nSPS) is 30.7. The van der Waals surface area contributed by atoms with Crippen molar-refractivity contribution in [2.45, 2.75) is 77.8 Å². The molecule has 0 radical (unpaired) electrons. The van der Waals surface area contributed by atoms with Gasteiger partial charge in [0.05, 0.1) is 0 Å². The summed E-state index contributed by atoms with van der Waals surface area (Å²) in [6.45, 7) is 13.2. The molecular formula is C16H32N2. The summed E-state index contributed by atoms with van der Waals surface area (Å²) >= 11 is 0. The van der Waals surface area contributed by atoms with Gasteiger partial charge in [0.15, 0.2) is 0 Å². The van der Waals surface area contributed by atoms with Crippen LogP contribution in [0.2, 0.25) is 0 Å². The molecule has 2 rings (SSSR count). The van der Waals surface area contributed by atoms with E-state index in [0.717, 1.165) is 19.1 Å². The Balaban J connectivity index is 2.13. The van der Waals surface area contributed by atoms with E-state index in [0.29, 0.717) is 11.0 Å². The van der Waals surface area contributed by atoms with Gasteiger partial charge in [0.2, 0.25) is 0 Å². The molecule has 2 nitrogen and oxygen atoms in total. The highest BCUT2D eigenvalue weighted by Gasteiger charge is 2.38. The minimum Gasteiger partial charge on any atom is -0.314 e. The lowest BCUT2D eigenvalue weighted by Crippen LogP contribution is -2.54. The Bertz CT molecular complexity index is 262. The summed E-state index contributed by atoms with van der Waals surface area (Å²) in [4.78, 5) is 2.83. The van der Waals surface area contributed by atoms with Gasteiger partial charge >= 0.3 is 0 Å². The second kappa shape index (κ2) is 5.50. The van der Waals surface area contributed by atoms with Gasteiger partial charge in [0.1, 0.15) is 0 Å². The van der Waals surface area contributed by atoms with Crippen LogP contribution in [0.25, 0.3) is 0 Å². The van der Waals surface area contributed by atoms with E-state index in [1.165, 1.54) is 45.1 Å². The van der Waals surface area contributed by atoms with Gasteiger partial charge in [-0.15, -0.1) is 0 Å². The molecule has 1 N–H and O–H groups in total. The first kappa shape index (κ1) is 14.3. The van der Waals surface area contributed by atoms with Crippen molar-refractivity contribution in [2.75, 3.05) is 19.6 Å². The number of hydrogen-bond acceptors (Lipinski definition) is 2. The van der Waals surface area contributed by atoms with Gasteiger partial charge in [-0.3, -0.25) is 4.90 Å². The Morgan fingerprint density at radius 3 is 2.11 bits per heavy atom. The molecule has 0 unspecified atom stereocenters. The molecule has 1 heterocycles. The highest BCUT2D eigenvalue weighted by Crippen LogP contribution is 2.32. The van der Waals surface area contributed by atoms with Crippen LogP contribution < -0.4 is 5.32 Å². The average molecular weight is 252 g/mol. The average Bonchev–Trinajstić information content (AvgIpc) is 2.57. The van der Waals surface area contributed by atoms with Crippen LogP contribution in [0.15, 0.2) is 0 Å². The molecule has 0 aromatic rings. The summed E-state index contributed by atoms with van der Waals surface area (Å²) in [5, 5.41) is 3.67. The Hall–Kier alpha value is -0.0800. The number of rotatable bonds is 1. The van der Waals surface area contributed by atoms with E-state index >= 15 is 0 Å². The monoisotopic (exact) mass is 252 g/mol. The molecule has 1 aliphatic heterocycles. The summed E-state index contributed by atoms with van der Waals surface area (Å²) in [6, 6.07) is 0.821. The van der Waals surface area contributed by atoms with E-state index in [1.54, 1.807) is 0 Å². The molecule has 1 aliphatic carbocycles. The van der Waals surface area contributed by atoms with Crippen molar-refractivity contribution in [3.8, 4) is 0 Å². The van der Waals surface area contributed by atoms with Crippen molar-refractivity contribution in [2.24, 2.45) is 5.41 Å². The summed E-state index contributed by atoms with van der Waals surface area (Å²) in [6.07, 6.45) is 8.61. The number of nitrogens with zero attached hydrogens (tertiary/aromatic N) is 1. The van der Waals surface area contributed by atoms with E-state index < -0.39 is 0 Å². The highest BCUT2D eigenvalue weighted by atomic mass is 15.3. The standard InChI is InChI=1S/C16H32N2/c1-15(2)11-17-12-16(3,4)18(13-15)14-9-7-5-6-8-10-14/h14,17H,5-13H2,1-4H3. The highest BCUT2D eigenvalue weighted by molar-refractivity contribution is 4.95. The first-order chi connectivity index (χ1) is 8.41. The van der Waals surface area contributed by atoms with Gasteiger partial charge in [0.25, 0.3) is 0 Å². The maximum Gasteiger partial charge on any atom is 0.0280 e. The molecule has 2 aliphatic rings. The van der Waals surface area contributed by atoms with Gasteiger partial charge in [-0.25, -0.2) is 0 Å². The molecule has 18 heavy (non-hydrogen) atoms. The third-order valence-electron chi connectivity index (χ3n) is 4.80. The second-order valence-electron chi connectivity index (χ2n) is 7.85. The smallest absolute Gasteiger partial charge is 0.0280 e. The molecule has 0 spiro atoms. The van der Waals surface area contributed by atoms with Gasteiger partial charge in [-0.2, -0.15) is 0 Å². The van der Waals surface area contributed by atoms with Gasteiger partial charge in [-0.05, 0) is 32.1 Å². The van der Waals surface area contributed by atoms with Gasteiger partial charge in [0, 0.05) is 31.2 Å². The SMILES string of the molecule is CC1(C)CNCC(C)(C)N(C2CCCCCC2)C1. The molecule has 2 heteroatoms. The van der Waals surface area contributed by atoms with Crippen LogP contribution in [0.4, 0.5) is 0 Å². The van der Waals surface area contributed by atoms with E-state index in [4.69, 9.17) is 0 Å². The van der Waals surface area contributed by atoms with Crippen LogP contribution in [0.1, 0.15) is 66.2 Å². The van der Waals surface area contributed by atoms with Crippen LogP contribution >= 0.6 is 0 Å². The lowest BCUT2D eigenvalue weighted by Gasteiger charge is -2.44. The van der Waals surface area contributed by atoms with E-state index in [-0.39, 0.29) is 0 Å². The quantitative estimate of drug-likeness (QED) is 0.719. The molecule has 0 aromatic carbocycles. The predicted octanol–water partition coefficient (Wildman–Crippen LogP) is 3.42. The van der Waals surface area contributed by atoms with Crippen LogP contribution in [0, 0.1) is 5.41 Å². The van der Waals surface area contributed by atoms with Crippen molar-refractivity contribution in [3.05, 3.63) is 0 Å². The van der Waals surface area contributed by atoms with E-state index in [2.05, 4.69) is 37.9 Å². The van der Waals surface area contributed by atoms with Crippen LogP contribution in [0.5, 0.6) is 0 Å². The summed E-state index contributed by atoms with van der Waals surface area (Å²) in [5.74, 6) is 0. The predicted molar refractivity (Wildman–Crippen MR) is 78.9 cm³/mol. The maximum atomic E-state index is 3.67. The first-order valence-electron chi connectivity index (χ1n) is 7.88. The Labute approximate surface area is 114 Å². The van der Waals surface area contributed by atoms with Gasteiger partial charge in [-0.1, -0.05) is 39.5 Å². The summed E-state index contributed by atoms with van der Waals surface area (Å²) in [5.41, 5.74) is 0.711. The minimum atomic E-state index is 0.308. The van der Waals surface area contributed by atoms with Crippen molar-refractivity contribution >= 4 is 0 Å². The molecule has 0 aromatic heterocycles.